The van der Waals surface area contributed by atoms with Crippen LogP contribution in [0.5, 0.6) is 5.75 Å². The average molecular weight is 329 g/mol. The molecule has 0 bridgehead atoms. The lowest BCUT2D eigenvalue weighted by Crippen LogP contribution is -2.42. The van der Waals surface area contributed by atoms with Crippen molar-refractivity contribution in [1.82, 2.24) is 4.90 Å². The van der Waals surface area contributed by atoms with Crippen molar-refractivity contribution in [3.05, 3.63) is 42.0 Å². The predicted octanol–water partition coefficient (Wildman–Crippen LogP) is 3.10. The van der Waals surface area contributed by atoms with E-state index in [9.17, 15) is 9.59 Å². The molecule has 5 nitrogen and oxygen atoms in total. The van der Waals surface area contributed by atoms with E-state index in [1.54, 1.807) is 7.11 Å². The van der Waals surface area contributed by atoms with Gasteiger partial charge in [0.2, 0.25) is 5.91 Å². The van der Waals surface area contributed by atoms with Crippen LogP contribution in [0.4, 0.5) is 0 Å². The number of carbonyl (C=O) groups excluding carboxylic acids is 1. The number of carboxylic acids is 1. The van der Waals surface area contributed by atoms with Gasteiger partial charge in [0.1, 0.15) is 12.3 Å². The molecule has 0 fully saturated rings. The Kier molecular flexibility index (Phi) is 5.79. The summed E-state index contributed by atoms with van der Waals surface area (Å²) in [6.45, 7) is 3.53. The van der Waals surface area contributed by atoms with Crippen LogP contribution in [-0.2, 0) is 16.0 Å². The molecule has 0 aliphatic rings. The summed E-state index contributed by atoms with van der Waals surface area (Å²) in [5.41, 5.74) is 0.870. The standard InChI is InChI=1S/C19H23NO4/c1-4-13(2)20(12-19(22)23)18(21)10-15-7-5-6-14-8-9-16(24-3)11-17(14)15/h5-9,11,13H,4,10,12H2,1-3H3,(H,22,23). The van der Waals surface area contributed by atoms with E-state index in [-0.39, 0.29) is 24.9 Å². The second-order valence-corrected chi connectivity index (χ2v) is 5.85. The summed E-state index contributed by atoms with van der Waals surface area (Å²) >= 11 is 0. The number of fused-ring (bicyclic) bond motifs is 1. The third kappa shape index (κ3) is 4.04. The first-order valence-corrected chi connectivity index (χ1v) is 8.03. The van der Waals surface area contributed by atoms with Crippen LogP contribution in [0.25, 0.3) is 10.8 Å². The first-order valence-electron chi connectivity index (χ1n) is 8.03. The van der Waals surface area contributed by atoms with E-state index < -0.39 is 5.97 Å². The number of nitrogens with zero attached hydrogens (tertiary/aromatic N) is 1. The van der Waals surface area contributed by atoms with Gasteiger partial charge in [-0.2, -0.15) is 0 Å². The van der Waals surface area contributed by atoms with Gasteiger partial charge in [0.25, 0.3) is 0 Å². The molecule has 0 saturated carbocycles. The van der Waals surface area contributed by atoms with Gasteiger partial charge < -0.3 is 14.7 Å². The normalized spacial score (nSPS) is 12.0. The molecule has 0 heterocycles. The van der Waals surface area contributed by atoms with E-state index in [1.807, 2.05) is 50.2 Å². The molecule has 2 aromatic rings. The van der Waals surface area contributed by atoms with E-state index in [4.69, 9.17) is 9.84 Å². The van der Waals surface area contributed by atoms with Crippen LogP contribution in [0.3, 0.4) is 0 Å². The van der Waals surface area contributed by atoms with Crippen molar-refractivity contribution >= 4 is 22.6 Å². The van der Waals surface area contributed by atoms with Crippen molar-refractivity contribution in [2.75, 3.05) is 13.7 Å². The van der Waals surface area contributed by atoms with Crippen LogP contribution < -0.4 is 4.74 Å². The quantitative estimate of drug-likeness (QED) is 0.847. The van der Waals surface area contributed by atoms with Crippen molar-refractivity contribution in [1.29, 1.82) is 0 Å². The molecule has 2 rings (SSSR count). The number of amides is 1. The van der Waals surface area contributed by atoms with Gasteiger partial charge in [-0.3, -0.25) is 9.59 Å². The summed E-state index contributed by atoms with van der Waals surface area (Å²) < 4.78 is 5.26. The van der Waals surface area contributed by atoms with Crippen molar-refractivity contribution in [2.45, 2.75) is 32.7 Å². The second-order valence-electron chi connectivity index (χ2n) is 5.85. The zero-order valence-electron chi connectivity index (χ0n) is 14.3. The Morgan fingerprint density at radius 1 is 1.25 bits per heavy atom. The fraction of sp³-hybridized carbons (Fsp3) is 0.368. The molecule has 1 amide bonds. The number of hydrogen-bond donors (Lipinski definition) is 1. The van der Waals surface area contributed by atoms with Gasteiger partial charge in [0, 0.05) is 6.04 Å². The molecule has 5 heteroatoms. The number of aliphatic carboxylic acids is 1. The van der Waals surface area contributed by atoms with E-state index >= 15 is 0 Å². The summed E-state index contributed by atoms with van der Waals surface area (Å²) in [5.74, 6) is -0.447. The third-order valence-corrected chi connectivity index (χ3v) is 4.27. The number of ether oxygens (including phenoxy) is 1. The number of carbonyl (C=O) groups is 2. The minimum Gasteiger partial charge on any atom is -0.497 e. The number of rotatable bonds is 7. The lowest BCUT2D eigenvalue weighted by atomic mass is 10.0. The lowest BCUT2D eigenvalue weighted by Gasteiger charge is -2.27. The van der Waals surface area contributed by atoms with Gasteiger partial charge in [-0.1, -0.05) is 31.2 Å². The molecule has 2 aromatic carbocycles. The molecule has 24 heavy (non-hydrogen) atoms. The minimum absolute atomic E-state index is 0.113. The van der Waals surface area contributed by atoms with E-state index in [0.717, 1.165) is 22.1 Å². The van der Waals surface area contributed by atoms with Crippen LogP contribution >= 0.6 is 0 Å². The maximum absolute atomic E-state index is 12.7. The Labute approximate surface area is 141 Å². The van der Waals surface area contributed by atoms with E-state index in [1.165, 1.54) is 4.90 Å². The molecule has 0 aliphatic heterocycles. The number of benzene rings is 2. The molecule has 128 valence electrons. The molecule has 0 radical (unpaired) electrons. The summed E-state index contributed by atoms with van der Waals surface area (Å²) in [6.07, 6.45) is 0.879. The molecule has 0 aliphatic carbocycles. The molecular formula is C19H23NO4. The van der Waals surface area contributed by atoms with Crippen molar-refractivity contribution < 1.29 is 19.4 Å². The van der Waals surface area contributed by atoms with Gasteiger partial charge in [0.15, 0.2) is 0 Å². The highest BCUT2D eigenvalue weighted by Gasteiger charge is 2.22. The largest absolute Gasteiger partial charge is 0.497 e. The fourth-order valence-electron chi connectivity index (χ4n) is 2.72. The van der Waals surface area contributed by atoms with Crippen LogP contribution in [-0.4, -0.2) is 41.6 Å². The molecule has 1 N–H and O–H groups in total. The molecular weight excluding hydrogens is 306 g/mol. The van der Waals surface area contributed by atoms with Gasteiger partial charge in [-0.05, 0) is 41.8 Å². The Hall–Kier alpha value is -2.56. The van der Waals surface area contributed by atoms with E-state index in [0.29, 0.717) is 6.42 Å². The fourth-order valence-corrected chi connectivity index (χ4v) is 2.72. The number of hydrogen-bond acceptors (Lipinski definition) is 3. The first-order chi connectivity index (χ1) is 11.5. The molecule has 1 unspecified atom stereocenters. The SMILES string of the molecule is CCC(C)N(CC(=O)O)C(=O)Cc1cccc2ccc(OC)cc12. The third-order valence-electron chi connectivity index (χ3n) is 4.27. The topological polar surface area (TPSA) is 66.8 Å². The van der Waals surface area contributed by atoms with Crippen LogP contribution in [0, 0.1) is 0 Å². The Balaban J connectivity index is 2.32. The smallest absolute Gasteiger partial charge is 0.323 e. The van der Waals surface area contributed by atoms with Crippen molar-refractivity contribution in [3.8, 4) is 5.75 Å². The monoisotopic (exact) mass is 329 g/mol. The number of methoxy groups -OCH3 is 1. The maximum atomic E-state index is 12.7. The predicted molar refractivity (Wildman–Crippen MR) is 93.3 cm³/mol. The summed E-state index contributed by atoms with van der Waals surface area (Å²) in [4.78, 5) is 25.2. The minimum atomic E-state index is -0.997. The highest BCUT2D eigenvalue weighted by molar-refractivity contribution is 5.92. The van der Waals surface area contributed by atoms with Crippen LogP contribution in [0.15, 0.2) is 36.4 Å². The second kappa shape index (κ2) is 7.81. The van der Waals surface area contributed by atoms with Gasteiger partial charge in [-0.15, -0.1) is 0 Å². The number of carboxylic acid groups (broad SMARTS) is 1. The highest BCUT2D eigenvalue weighted by atomic mass is 16.5. The maximum Gasteiger partial charge on any atom is 0.323 e. The summed E-state index contributed by atoms with van der Waals surface area (Å²) in [6, 6.07) is 11.4. The Bertz CT molecular complexity index is 741. The Morgan fingerprint density at radius 3 is 2.62 bits per heavy atom. The van der Waals surface area contributed by atoms with Gasteiger partial charge in [0.05, 0.1) is 13.5 Å². The molecule has 0 aromatic heterocycles. The summed E-state index contributed by atoms with van der Waals surface area (Å²) in [5, 5.41) is 11.0. The first kappa shape index (κ1) is 17.8. The molecule has 0 spiro atoms. The lowest BCUT2D eigenvalue weighted by molar-refractivity contribution is -0.145. The summed E-state index contributed by atoms with van der Waals surface area (Å²) in [7, 11) is 1.60. The highest BCUT2D eigenvalue weighted by Crippen LogP contribution is 2.25. The van der Waals surface area contributed by atoms with Gasteiger partial charge in [-0.25, -0.2) is 0 Å². The van der Waals surface area contributed by atoms with Crippen LogP contribution in [0.2, 0.25) is 0 Å². The molecule has 0 saturated heterocycles. The van der Waals surface area contributed by atoms with Crippen molar-refractivity contribution in [2.24, 2.45) is 0 Å². The average Bonchev–Trinajstić information content (AvgIpc) is 2.58. The van der Waals surface area contributed by atoms with Crippen LogP contribution in [0.1, 0.15) is 25.8 Å². The van der Waals surface area contributed by atoms with E-state index in [2.05, 4.69) is 0 Å². The van der Waals surface area contributed by atoms with Gasteiger partial charge >= 0.3 is 5.97 Å². The Morgan fingerprint density at radius 2 is 2.00 bits per heavy atom. The molecule has 1 atom stereocenters. The van der Waals surface area contributed by atoms with Crippen molar-refractivity contribution in [3.63, 3.8) is 0 Å². The zero-order chi connectivity index (χ0) is 17.7. The zero-order valence-corrected chi connectivity index (χ0v) is 14.3.